The van der Waals surface area contributed by atoms with Crippen LogP contribution in [0.4, 0.5) is 0 Å². The maximum atomic E-state index is 12.6. The predicted molar refractivity (Wildman–Crippen MR) is 123 cm³/mol. The highest BCUT2D eigenvalue weighted by molar-refractivity contribution is 7.91. The van der Waals surface area contributed by atoms with E-state index in [-0.39, 0.29) is 12.3 Å². The lowest BCUT2D eigenvalue weighted by molar-refractivity contribution is -0.130. The van der Waals surface area contributed by atoms with Gasteiger partial charge >= 0.3 is 0 Å². The number of carbonyl (C=O) groups excluding carboxylic acids is 1. The van der Waals surface area contributed by atoms with Crippen molar-refractivity contribution in [3.05, 3.63) is 64.8 Å². The van der Waals surface area contributed by atoms with Crippen LogP contribution in [0.1, 0.15) is 29.8 Å². The Balaban J connectivity index is 1.57. The number of para-hydroxylation sites is 1. The molecule has 0 radical (unpaired) electrons. The molecule has 0 bridgehead atoms. The van der Waals surface area contributed by atoms with Gasteiger partial charge < -0.3 is 4.90 Å². The molecule has 166 valence electrons. The highest BCUT2D eigenvalue weighted by Gasteiger charge is 2.22. The van der Waals surface area contributed by atoms with Crippen LogP contribution in [0.3, 0.4) is 0 Å². The van der Waals surface area contributed by atoms with Crippen molar-refractivity contribution in [1.82, 2.24) is 19.0 Å². The molecular weight excluding hydrogens is 432 g/mol. The van der Waals surface area contributed by atoms with Crippen LogP contribution in [0.15, 0.2) is 52.1 Å². The number of amides is 1. The molecule has 0 aliphatic carbocycles. The average molecular weight is 461 g/mol. The van der Waals surface area contributed by atoms with Gasteiger partial charge in [0.25, 0.3) is 10.0 Å². The second-order valence-corrected chi connectivity index (χ2v) is 10.7. The fourth-order valence-electron chi connectivity index (χ4n) is 3.38. The summed E-state index contributed by atoms with van der Waals surface area (Å²) in [5.74, 6) is -0.0202. The fraction of sp³-hybridized carbons (Fsp3) is 0.364. The van der Waals surface area contributed by atoms with Gasteiger partial charge in [0.2, 0.25) is 5.91 Å². The van der Waals surface area contributed by atoms with Crippen LogP contribution in [-0.4, -0.2) is 54.0 Å². The van der Waals surface area contributed by atoms with Crippen LogP contribution in [-0.2, 0) is 21.4 Å². The number of carbonyl (C=O) groups is 1. The second-order valence-electron chi connectivity index (χ2n) is 7.51. The molecule has 0 aliphatic rings. The molecule has 9 heteroatoms. The molecule has 0 aliphatic heterocycles. The minimum atomic E-state index is -3.48. The van der Waals surface area contributed by atoms with Crippen LogP contribution in [0.2, 0.25) is 0 Å². The van der Waals surface area contributed by atoms with Gasteiger partial charge in [-0.15, -0.1) is 11.3 Å². The van der Waals surface area contributed by atoms with Gasteiger partial charge in [0.15, 0.2) is 0 Å². The van der Waals surface area contributed by atoms with E-state index in [0.717, 1.165) is 22.6 Å². The lowest BCUT2D eigenvalue weighted by Crippen LogP contribution is -2.30. The predicted octanol–water partition coefficient (Wildman–Crippen LogP) is 3.61. The summed E-state index contributed by atoms with van der Waals surface area (Å²) in [6, 6.07) is 13.2. The summed E-state index contributed by atoms with van der Waals surface area (Å²) in [4.78, 5) is 14.3. The van der Waals surface area contributed by atoms with Gasteiger partial charge in [0.1, 0.15) is 4.21 Å². The molecule has 0 spiro atoms. The fourth-order valence-corrected chi connectivity index (χ4v) is 5.79. The van der Waals surface area contributed by atoms with Crippen LogP contribution < -0.4 is 0 Å². The van der Waals surface area contributed by atoms with E-state index in [1.165, 1.54) is 15.6 Å². The van der Waals surface area contributed by atoms with Crippen molar-refractivity contribution in [1.29, 1.82) is 0 Å². The van der Waals surface area contributed by atoms with E-state index in [1.54, 1.807) is 36.5 Å². The van der Waals surface area contributed by atoms with Gasteiger partial charge in [0.05, 0.1) is 11.4 Å². The lowest BCUT2D eigenvalue weighted by atomic mass is 10.1. The number of nitrogens with zero attached hydrogens (tertiary/aromatic N) is 4. The topological polar surface area (TPSA) is 75.5 Å². The van der Waals surface area contributed by atoms with Gasteiger partial charge in [-0.2, -0.15) is 5.10 Å². The molecule has 2 heterocycles. The van der Waals surface area contributed by atoms with Crippen molar-refractivity contribution in [3.8, 4) is 5.69 Å². The molecular formula is C22H28N4O3S2. The zero-order valence-electron chi connectivity index (χ0n) is 18.3. The first kappa shape index (κ1) is 23.2. The molecule has 0 fully saturated rings. The van der Waals surface area contributed by atoms with Crippen molar-refractivity contribution in [2.24, 2.45) is 0 Å². The van der Waals surface area contributed by atoms with E-state index in [4.69, 9.17) is 0 Å². The Hall–Kier alpha value is -2.49. The highest BCUT2D eigenvalue weighted by Crippen LogP contribution is 2.21. The molecule has 1 amide bonds. The Kier molecular flexibility index (Phi) is 7.30. The average Bonchev–Trinajstić information content (AvgIpc) is 3.39. The van der Waals surface area contributed by atoms with Gasteiger partial charge in [-0.1, -0.05) is 24.3 Å². The summed E-state index contributed by atoms with van der Waals surface area (Å²) < 4.78 is 28.5. The summed E-state index contributed by atoms with van der Waals surface area (Å²) in [5.41, 5.74) is 3.91. The Morgan fingerprint density at radius 3 is 2.45 bits per heavy atom. The normalized spacial score (nSPS) is 11.8. The number of thiophene rings is 1. The van der Waals surface area contributed by atoms with Crippen molar-refractivity contribution in [2.75, 3.05) is 20.6 Å². The number of rotatable bonds is 9. The van der Waals surface area contributed by atoms with Crippen LogP contribution in [0, 0.1) is 13.8 Å². The number of hydrogen-bond acceptors (Lipinski definition) is 5. The number of hydrogen-bond donors (Lipinski definition) is 0. The van der Waals surface area contributed by atoms with Gasteiger partial charge in [-0.3, -0.25) is 4.79 Å². The quantitative estimate of drug-likeness (QED) is 0.489. The van der Waals surface area contributed by atoms with Crippen LogP contribution >= 0.6 is 11.3 Å². The largest absolute Gasteiger partial charge is 0.341 e. The number of aryl methyl sites for hydroxylation is 1. The first-order valence-electron chi connectivity index (χ1n) is 10.1. The lowest BCUT2D eigenvalue weighted by Gasteiger charge is -2.19. The number of sulfonamides is 1. The third-order valence-electron chi connectivity index (χ3n) is 5.29. The first-order chi connectivity index (χ1) is 14.7. The van der Waals surface area contributed by atoms with E-state index < -0.39 is 10.0 Å². The molecule has 0 unspecified atom stereocenters. The molecule has 0 atom stereocenters. The molecule has 1 aromatic carbocycles. The van der Waals surface area contributed by atoms with E-state index >= 15 is 0 Å². The maximum absolute atomic E-state index is 12.6. The first-order valence-corrected chi connectivity index (χ1v) is 12.4. The zero-order chi connectivity index (χ0) is 22.6. The van der Waals surface area contributed by atoms with E-state index in [9.17, 15) is 13.2 Å². The molecule has 0 N–H and O–H groups in total. The van der Waals surface area contributed by atoms with Crippen molar-refractivity contribution < 1.29 is 13.2 Å². The Morgan fingerprint density at radius 1 is 1.10 bits per heavy atom. The summed E-state index contributed by atoms with van der Waals surface area (Å²) in [6.45, 7) is 4.71. The SMILES string of the molecule is Cc1nn(-c2ccccc2)c(C)c1CN(C)C(=O)CCCN(C)S(=O)(=O)c1cccs1. The second kappa shape index (κ2) is 9.76. The standard InChI is InChI=1S/C22H28N4O3S2/c1-17-20(18(2)26(23-17)19-10-6-5-7-11-19)16-24(3)21(27)12-8-14-25(4)31(28,29)22-13-9-15-30-22/h5-7,9-11,13,15H,8,12,14,16H2,1-4H3. The summed E-state index contributed by atoms with van der Waals surface area (Å²) in [5, 5.41) is 6.38. The van der Waals surface area contributed by atoms with Crippen molar-refractivity contribution >= 4 is 27.3 Å². The summed E-state index contributed by atoms with van der Waals surface area (Å²) in [6.07, 6.45) is 0.747. The van der Waals surface area contributed by atoms with Crippen molar-refractivity contribution in [2.45, 2.75) is 37.4 Å². The van der Waals surface area contributed by atoms with Gasteiger partial charge in [-0.25, -0.2) is 17.4 Å². The zero-order valence-corrected chi connectivity index (χ0v) is 19.9. The molecule has 7 nitrogen and oxygen atoms in total. The monoisotopic (exact) mass is 460 g/mol. The third kappa shape index (κ3) is 5.23. The van der Waals surface area contributed by atoms with Crippen LogP contribution in [0.25, 0.3) is 5.69 Å². The number of aromatic nitrogens is 2. The van der Waals surface area contributed by atoms with Gasteiger partial charge in [0, 0.05) is 44.9 Å². The molecule has 0 saturated heterocycles. The van der Waals surface area contributed by atoms with E-state index in [1.807, 2.05) is 48.9 Å². The Morgan fingerprint density at radius 2 is 1.81 bits per heavy atom. The van der Waals surface area contributed by atoms with E-state index in [2.05, 4.69) is 5.10 Å². The third-order valence-corrected chi connectivity index (χ3v) is 8.52. The highest BCUT2D eigenvalue weighted by atomic mass is 32.2. The molecule has 3 rings (SSSR count). The Bertz CT molecular complexity index is 1120. The molecule has 3 aromatic rings. The smallest absolute Gasteiger partial charge is 0.252 e. The van der Waals surface area contributed by atoms with E-state index in [0.29, 0.717) is 23.7 Å². The van der Waals surface area contributed by atoms with Crippen molar-refractivity contribution in [3.63, 3.8) is 0 Å². The summed E-state index contributed by atoms with van der Waals surface area (Å²) in [7, 11) is -0.161. The van der Waals surface area contributed by atoms with Crippen LogP contribution in [0.5, 0.6) is 0 Å². The molecule has 2 aromatic heterocycles. The number of benzene rings is 1. The molecule has 0 saturated carbocycles. The molecule has 31 heavy (non-hydrogen) atoms. The Labute approximate surface area is 188 Å². The maximum Gasteiger partial charge on any atom is 0.252 e. The minimum absolute atomic E-state index is 0.0202. The summed E-state index contributed by atoms with van der Waals surface area (Å²) >= 11 is 1.19. The minimum Gasteiger partial charge on any atom is -0.341 e. The van der Waals surface area contributed by atoms with Gasteiger partial charge in [-0.05, 0) is 43.8 Å².